The molecule has 31 heavy (non-hydrogen) atoms. The van der Waals surface area contributed by atoms with E-state index >= 15 is 0 Å². The zero-order chi connectivity index (χ0) is 21.4. The summed E-state index contributed by atoms with van der Waals surface area (Å²) >= 11 is 0. The Labute approximate surface area is 200 Å². The van der Waals surface area contributed by atoms with Crippen LogP contribution < -0.4 is 10.6 Å². The summed E-state index contributed by atoms with van der Waals surface area (Å²) in [4.78, 5) is 10.7. The zero-order valence-electron chi connectivity index (χ0n) is 17.5. The molecule has 170 valence electrons. The first-order valence-corrected chi connectivity index (χ1v) is 11.7. The summed E-state index contributed by atoms with van der Waals surface area (Å²) in [6.07, 6.45) is 3.73. The minimum atomic E-state index is -3.70. The number of piperidine rings is 1. The predicted octanol–water partition coefficient (Wildman–Crippen LogP) is 2.44. The first-order valence-electron chi connectivity index (χ1n) is 10.0. The van der Waals surface area contributed by atoms with Gasteiger partial charge in [-0.25, -0.2) is 12.8 Å². The first kappa shape index (κ1) is 25.5. The fraction of sp³-hybridized carbons (Fsp3) is 0.429. The predicted molar refractivity (Wildman–Crippen MR) is 131 cm³/mol. The van der Waals surface area contributed by atoms with E-state index in [-0.39, 0.29) is 47.2 Å². The molecule has 0 radical (unpaired) electrons. The molecule has 1 aliphatic heterocycles. The maximum atomic E-state index is 13.8. The minimum absolute atomic E-state index is 0. The van der Waals surface area contributed by atoms with Crippen molar-refractivity contribution >= 4 is 39.8 Å². The lowest BCUT2D eigenvalue weighted by Crippen LogP contribution is -2.49. The first-order chi connectivity index (χ1) is 14.5. The molecule has 0 atom stereocenters. The molecule has 0 aliphatic carbocycles. The van der Waals surface area contributed by atoms with Crippen molar-refractivity contribution < 1.29 is 12.8 Å². The van der Waals surface area contributed by atoms with Crippen LogP contribution in [0.5, 0.6) is 0 Å². The van der Waals surface area contributed by atoms with Crippen molar-refractivity contribution in [1.82, 2.24) is 20.5 Å². The molecule has 0 saturated carbocycles. The third-order valence-corrected chi connectivity index (χ3v) is 6.84. The van der Waals surface area contributed by atoms with Crippen LogP contribution in [-0.2, 0) is 16.4 Å². The molecule has 1 aromatic heterocycles. The topological polar surface area (TPSA) is 86.7 Å². The monoisotopic (exact) mass is 561 g/mol. The molecule has 3 rings (SSSR count). The van der Waals surface area contributed by atoms with Gasteiger partial charge >= 0.3 is 0 Å². The van der Waals surface area contributed by atoms with Crippen LogP contribution >= 0.6 is 24.0 Å². The molecule has 1 fully saturated rings. The molecule has 2 heterocycles. The number of sulfone groups is 1. The normalized spacial score (nSPS) is 15.9. The number of halogens is 2. The van der Waals surface area contributed by atoms with Gasteiger partial charge in [0.05, 0.1) is 11.4 Å². The Hall–Kier alpha value is -1.79. The summed E-state index contributed by atoms with van der Waals surface area (Å²) in [5.74, 6) is -0.378. The van der Waals surface area contributed by atoms with Gasteiger partial charge in [0, 0.05) is 45.5 Å². The smallest absolute Gasteiger partial charge is 0.191 e. The fourth-order valence-electron chi connectivity index (χ4n) is 3.45. The van der Waals surface area contributed by atoms with E-state index in [1.165, 1.54) is 18.2 Å². The van der Waals surface area contributed by atoms with E-state index in [1.807, 2.05) is 24.4 Å². The van der Waals surface area contributed by atoms with E-state index in [0.29, 0.717) is 5.96 Å². The quantitative estimate of drug-likeness (QED) is 0.307. The van der Waals surface area contributed by atoms with Crippen molar-refractivity contribution in [2.45, 2.75) is 30.3 Å². The Kier molecular flexibility index (Phi) is 10.1. The van der Waals surface area contributed by atoms with Crippen molar-refractivity contribution in [1.29, 1.82) is 0 Å². The molecule has 1 aliphatic rings. The van der Waals surface area contributed by atoms with Crippen molar-refractivity contribution in [3.8, 4) is 0 Å². The van der Waals surface area contributed by atoms with Crippen LogP contribution in [0.4, 0.5) is 4.39 Å². The largest absolute Gasteiger partial charge is 0.355 e. The number of benzene rings is 1. The number of guanidine groups is 1. The Morgan fingerprint density at radius 3 is 2.55 bits per heavy atom. The van der Waals surface area contributed by atoms with Gasteiger partial charge in [-0.3, -0.25) is 14.9 Å². The van der Waals surface area contributed by atoms with Gasteiger partial charge < -0.3 is 10.6 Å². The molecule has 1 aromatic carbocycles. The van der Waals surface area contributed by atoms with Crippen LogP contribution in [0.25, 0.3) is 0 Å². The average Bonchev–Trinajstić information content (AvgIpc) is 2.75. The Balaban J connectivity index is 0.00000341. The van der Waals surface area contributed by atoms with E-state index in [2.05, 4.69) is 25.5 Å². The van der Waals surface area contributed by atoms with Crippen LogP contribution in [0, 0.1) is 5.82 Å². The molecule has 0 amide bonds. The second-order valence-electron chi connectivity index (χ2n) is 7.26. The lowest BCUT2D eigenvalue weighted by atomic mass is 10.1. The van der Waals surface area contributed by atoms with Gasteiger partial charge in [-0.05, 0) is 37.1 Å². The highest BCUT2D eigenvalue weighted by molar-refractivity contribution is 14.0. The van der Waals surface area contributed by atoms with Gasteiger partial charge in [0.15, 0.2) is 15.8 Å². The molecule has 2 N–H and O–H groups in total. The summed E-state index contributed by atoms with van der Waals surface area (Å²) in [7, 11) is -2.05. The Morgan fingerprint density at radius 2 is 1.90 bits per heavy atom. The molecule has 0 spiro atoms. The van der Waals surface area contributed by atoms with E-state index in [0.717, 1.165) is 44.2 Å². The zero-order valence-corrected chi connectivity index (χ0v) is 20.6. The molecule has 10 heteroatoms. The summed E-state index contributed by atoms with van der Waals surface area (Å²) in [6, 6.07) is 11.6. The minimum Gasteiger partial charge on any atom is -0.355 e. The number of nitrogens with one attached hydrogen (secondary N) is 2. The highest BCUT2D eigenvalue weighted by Crippen LogP contribution is 2.15. The highest BCUT2D eigenvalue weighted by atomic mass is 127. The van der Waals surface area contributed by atoms with Crippen molar-refractivity contribution in [2.75, 3.05) is 32.4 Å². The number of nitrogens with zero attached hydrogens (tertiary/aromatic N) is 3. The van der Waals surface area contributed by atoms with Crippen LogP contribution in [-0.4, -0.2) is 62.7 Å². The van der Waals surface area contributed by atoms with E-state index < -0.39 is 15.7 Å². The molecule has 2 aromatic rings. The van der Waals surface area contributed by atoms with E-state index in [1.54, 1.807) is 7.05 Å². The van der Waals surface area contributed by atoms with Crippen LogP contribution in [0.3, 0.4) is 0 Å². The molecular weight excluding hydrogens is 532 g/mol. The van der Waals surface area contributed by atoms with Gasteiger partial charge in [0.1, 0.15) is 10.7 Å². The van der Waals surface area contributed by atoms with E-state index in [4.69, 9.17) is 0 Å². The lowest BCUT2D eigenvalue weighted by molar-refractivity contribution is 0.196. The molecular formula is C21H29FIN5O2S. The standard InChI is InChI=1S/C21H28FN5O2S.HI/c1-23-21(25-12-15-30(28,29)20-8-3-2-7-19(20)22)26-17-9-13-27(14-10-17)16-18-6-4-5-11-24-18;/h2-8,11,17H,9-10,12-16H2,1H3,(H2,23,25,26);1H. The van der Waals surface area contributed by atoms with Crippen LogP contribution in [0.1, 0.15) is 18.5 Å². The van der Waals surface area contributed by atoms with Crippen molar-refractivity contribution in [3.63, 3.8) is 0 Å². The van der Waals surface area contributed by atoms with Crippen LogP contribution in [0.15, 0.2) is 58.5 Å². The number of aliphatic imine (C=N–C) groups is 1. The third kappa shape index (κ3) is 7.69. The second-order valence-corrected chi connectivity index (χ2v) is 9.34. The third-order valence-electron chi connectivity index (χ3n) is 5.10. The number of pyridine rings is 1. The van der Waals surface area contributed by atoms with Gasteiger partial charge in [-0.1, -0.05) is 18.2 Å². The summed E-state index contributed by atoms with van der Waals surface area (Å²) in [6.45, 7) is 2.89. The van der Waals surface area contributed by atoms with Crippen molar-refractivity contribution in [3.05, 3.63) is 60.2 Å². The molecule has 0 bridgehead atoms. The maximum absolute atomic E-state index is 13.8. The Bertz CT molecular complexity index is 951. The second kappa shape index (κ2) is 12.3. The molecule has 1 saturated heterocycles. The average molecular weight is 561 g/mol. The number of likely N-dealkylation sites (tertiary alicyclic amines) is 1. The maximum Gasteiger partial charge on any atom is 0.191 e. The lowest BCUT2D eigenvalue weighted by Gasteiger charge is -2.32. The summed E-state index contributed by atoms with van der Waals surface area (Å²) in [5.41, 5.74) is 1.07. The fourth-order valence-corrected chi connectivity index (χ4v) is 4.70. The molecule has 7 nitrogen and oxygen atoms in total. The number of aromatic nitrogens is 1. The summed E-state index contributed by atoms with van der Waals surface area (Å²) in [5, 5.41) is 6.38. The van der Waals surface area contributed by atoms with E-state index in [9.17, 15) is 12.8 Å². The number of hydrogen-bond acceptors (Lipinski definition) is 5. The van der Waals surface area contributed by atoms with Gasteiger partial charge in [0.2, 0.25) is 0 Å². The van der Waals surface area contributed by atoms with Crippen LogP contribution in [0.2, 0.25) is 0 Å². The summed E-state index contributed by atoms with van der Waals surface area (Å²) < 4.78 is 38.5. The van der Waals surface area contributed by atoms with Gasteiger partial charge in [0.25, 0.3) is 0 Å². The number of rotatable bonds is 7. The molecule has 0 unspecified atom stereocenters. The highest BCUT2D eigenvalue weighted by Gasteiger charge is 2.21. The number of hydrogen-bond donors (Lipinski definition) is 2. The van der Waals surface area contributed by atoms with Crippen molar-refractivity contribution in [2.24, 2.45) is 4.99 Å². The Morgan fingerprint density at radius 1 is 1.19 bits per heavy atom. The van der Waals surface area contributed by atoms with Gasteiger partial charge in [-0.2, -0.15) is 0 Å². The SMILES string of the molecule is CN=C(NCCS(=O)(=O)c1ccccc1F)NC1CCN(Cc2ccccn2)CC1.I. The van der Waals surface area contributed by atoms with Gasteiger partial charge in [-0.15, -0.1) is 24.0 Å².